The molecule has 1 aliphatic heterocycles. The molecule has 0 atom stereocenters. The normalized spacial score (nSPS) is 13.9. The van der Waals surface area contributed by atoms with Gasteiger partial charge in [0.15, 0.2) is 11.6 Å². The number of pyridine rings is 1. The molecule has 0 fully saturated rings. The average molecular weight is 477 g/mol. The van der Waals surface area contributed by atoms with Crippen LogP contribution in [0.2, 0.25) is 0 Å². The minimum absolute atomic E-state index is 0.111. The van der Waals surface area contributed by atoms with Gasteiger partial charge in [-0.3, -0.25) is 9.89 Å². The van der Waals surface area contributed by atoms with Crippen molar-refractivity contribution in [3.05, 3.63) is 82.9 Å². The van der Waals surface area contributed by atoms with Gasteiger partial charge in [0.05, 0.1) is 34.7 Å². The summed E-state index contributed by atoms with van der Waals surface area (Å²) >= 11 is 0. The molecule has 5 aromatic rings. The third-order valence-electron chi connectivity index (χ3n) is 6.15. The molecule has 0 unspecified atom stereocenters. The lowest BCUT2D eigenvalue weighted by atomic mass is 9.99. The Morgan fingerprint density at radius 2 is 1.97 bits per heavy atom. The molecule has 0 saturated heterocycles. The van der Waals surface area contributed by atoms with Crippen LogP contribution in [0.3, 0.4) is 0 Å². The van der Waals surface area contributed by atoms with E-state index in [1.165, 1.54) is 30.5 Å². The maximum atomic E-state index is 13.3. The lowest BCUT2D eigenvalue weighted by Gasteiger charge is -2.27. The summed E-state index contributed by atoms with van der Waals surface area (Å²) in [5.41, 5.74) is 2.90. The van der Waals surface area contributed by atoms with Crippen LogP contribution in [-0.4, -0.2) is 42.5 Å². The summed E-state index contributed by atoms with van der Waals surface area (Å²) in [5.74, 6) is 0.524. The number of benzene rings is 1. The Kier molecular flexibility index (Phi) is 4.73. The third-order valence-corrected chi connectivity index (χ3v) is 6.15. The Labute approximate surface area is 196 Å². The predicted molar refractivity (Wildman–Crippen MR) is 122 cm³/mol. The summed E-state index contributed by atoms with van der Waals surface area (Å²) in [5, 5.41) is 7.11. The molecule has 1 aliphatic rings. The summed E-state index contributed by atoms with van der Waals surface area (Å²) in [6, 6.07) is 8.13. The quantitative estimate of drug-likeness (QED) is 0.331. The molecule has 3 N–H and O–H groups in total. The van der Waals surface area contributed by atoms with Crippen molar-refractivity contribution in [3.8, 4) is 11.5 Å². The van der Waals surface area contributed by atoms with Gasteiger partial charge in [-0.15, -0.1) is 0 Å². The highest BCUT2D eigenvalue weighted by molar-refractivity contribution is 6.10. The van der Waals surface area contributed by atoms with E-state index in [2.05, 4.69) is 35.0 Å². The number of aromatic amines is 3. The van der Waals surface area contributed by atoms with E-state index in [0.717, 1.165) is 36.1 Å². The fourth-order valence-corrected chi connectivity index (χ4v) is 4.36. The number of anilines is 1. The number of halogens is 3. The molecule has 176 valence electrons. The van der Waals surface area contributed by atoms with Gasteiger partial charge in [0.2, 0.25) is 0 Å². The second-order valence-electron chi connectivity index (χ2n) is 8.36. The van der Waals surface area contributed by atoms with Crippen LogP contribution in [-0.2, 0) is 19.1 Å². The van der Waals surface area contributed by atoms with E-state index in [9.17, 15) is 18.0 Å². The number of hydrogen-bond donors (Lipinski definition) is 3. The summed E-state index contributed by atoms with van der Waals surface area (Å²) in [6.07, 6.45) is 1.13. The number of H-pyrrole nitrogens is 3. The lowest BCUT2D eigenvalue weighted by Crippen LogP contribution is -2.30. The minimum Gasteiger partial charge on any atom is -0.358 e. The number of imidazole rings is 1. The Balaban J connectivity index is 1.28. The molecule has 11 heteroatoms. The van der Waals surface area contributed by atoms with Crippen LogP contribution in [0.15, 0.2) is 55.0 Å². The number of aromatic nitrogens is 6. The standard InChI is InChI=1S/C24H18F3N7O/c25-24(26,27)16-4-2-1-3-15(16)22(35)13-7-19(28-9-13)23-31-18-8-21(29-11-20(18)32-23)34-6-5-17-14(12-34)10-30-33-17/h1-4,7-11,28H,5-6,12H2,(H,30,33)(H,31,32). The second kappa shape index (κ2) is 7.83. The number of hydrogen-bond acceptors (Lipinski definition) is 5. The highest BCUT2D eigenvalue weighted by Crippen LogP contribution is 2.33. The fourth-order valence-electron chi connectivity index (χ4n) is 4.36. The maximum absolute atomic E-state index is 13.3. The SMILES string of the molecule is O=C(c1c[nH]c(-c2nc3cc(N4CCc5[nH]ncc5C4)ncc3[nH]2)c1)c1ccccc1C(F)(F)F. The Morgan fingerprint density at radius 3 is 2.83 bits per heavy atom. The van der Waals surface area contributed by atoms with Crippen molar-refractivity contribution in [1.29, 1.82) is 0 Å². The first-order valence-electron chi connectivity index (χ1n) is 10.9. The van der Waals surface area contributed by atoms with E-state index in [-0.39, 0.29) is 5.56 Å². The van der Waals surface area contributed by atoms with Gasteiger partial charge in [-0.2, -0.15) is 18.3 Å². The first-order chi connectivity index (χ1) is 16.9. The molecule has 0 bridgehead atoms. The second-order valence-corrected chi connectivity index (χ2v) is 8.36. The van der Waals surface area contributed by atoms with Crippen LogP contribution in [0.4, 0.5) is 19.0 Å². The van der Waals surface area contributed by atoms with Gasteiger partial charge >= 0.3 is 6.18 Å². The maximum Gasteiger partial charge on any atom is 0.417 e. The van der Waals surface area contributed by atoms with Crippen LogP contribution in [0.5, 0.6) is 0 Å². The van der Waals surface area contributed by atoms with E-state index in [0.29, 0.717) is 29.1 Å². The van der Waals surface area contributed by atoms with Crippen molar-refractivity contribution in [2.75, 3.05) is 11.4 Å². The zero-order chi connectivity index (χ0) is 24.2. The number of rotatable bonds is 4. The number of fused-ring (bicyclic) bond motifs is 2. The molecule has 6 rings (SSSR count). The van der Waals surface area contributed by atoms with Crippen LogP contribution < -0.4 is 4.90 Å². The number of carbonyl (C=O) groups excluding carboxylic acids is 1. The summed E-state index contributed by atoms with van der Waals surface area (Å²) in [7, 11) is 0. The van der Waals surface area contributed by atoms with E-state index in [1.54, 1.807) is 6.20 Å². The first-order valence-corrected chi connectivity index (χ1v) is 10.9. The number of alkyl halides is 3. The van der Waals surface area contributed by atoms with Crippen molar-refractivity contribution in [2.45, 2.75) is 19.1 Å². The predicted octanol–water partition coefficient (Wildman–Crippen LogP) is 4.49. The van der Waals surface area contributed by atoms with E-state index in [1.807, 2.05) is 12.3 Å². The average Bonchev–Trinajstić information content (AvgIpc) is 3.61. The molecule has 0 aliphatic carbocycles. The van der Waals surface area contributed by atoms with E-state index >= 15 is 0 Å². The smallest absolute Gasteiger partial charge is 0.358 e. The molecule has 4 aromatic heterocycles. The summed E-state index contributed by atoms with van der Waals surface area (Å²) in [4.78, 5) is 30.3. The van der Waals surface area contributed by atoms with Gasteiger partial charge in [0.1, 0.15) is 5.82 Å². The van der Waals surface area contributed by atoms with Gasteiger partial charge in [-0.1, -0.05) is 18.2 Å². The molecule has 1 aromatic carbocycles. The Bertz CT molecular complexity index is 1560. The van der Waals surface area contributed by atoms with Crippen molar-refractivity contribution >= 4 is 22.6 Å². The van der Waals surface area contributed by atoms with Gasteiger partial charge in [-0.25, -0.2) is 9.97 Å². The van der Waals surface area contributed by atoms with Gasteiger partial charge in [0.25, 0.3) is 0 Å². The molecule has 5 heterocycles. The van der Waals surface area contributed by atoms with Crippen LogP contribution >= 0.6 is 0 Å². The highest BCUT2D eigenvalue weighted by atomic mass is 19.4. The van der Waals surface area contributed by atoms with Crippen molar-refractivity contribution in [2.24, 2.45) is 0 Å². The highest BCUT2D eigenvalue weighted by Gasteiger charge is 2.35. The van der Waals surface area contributed by atoms with E-state index in [4.69, 9.17) is 0 Å². The monoisotopic (exact) mass is 477 g/mol. The molecule has 0 saturated carbocycles. The number of carbonyl (C=O) groups is 1. The Hall–Kier alpha value is -4.41. The number of nitrogens with zero attached hydrogens (tertiary/aromatic N) is 4. The van der Waals surface area contributed by atoms with Crippen molar-refractivity contribution < 1.29 is 18.0 Å². The zero-order valence-corrected chi connectivity index (χ0v) is 18.1. The zero-order valence-electron chi connectivity index (χ0n) is 18.1. The molecule has 0 amide bonds. The molecule has 0 spiro atoms. The number of ketones is 1. The fraction of sp³-hybridized carbons (Fsp3) is 0.167. The lowest BCUT2D eigenvalue weighted by molar-refractivity contribution is -0.137. The molecular formula is C24H18F3N7O. The minimum atomic E-state index is -4.62. The summed E-state index contributed by atoms with van der Waals surface area (Å²) in [6.45, 7) is 1.50. The van der Waals surface area contributed by atoms with E-state index < -0.39 is 23.1 Å². The molecule has 0 radical (unpaired) electrons. The number of nitrogens with one attached hydrogen (secondary N) is 3. The van der Waals surface area contributed by atoms with Gasteiger partial charge in [-0.05, 0) is 12.1 Å². The topological polar surface area (TPSA) is 106 Å². The van der Waals surface area contributed by atoms with Crippen molar-refractivity contribution in [1.82, 2.24) is 30.1 Å². The Morgan fingerprint density at radius 1 is 1.11 bits per heavy atom. The summed E-state index contributed by atoms with van der Waals surface area (Å²) < 4.78 is 40.0. The van der Waals surface area contributed by atoms with Gasteiger partial charge < -0.3 is 14.9 Å². The largest absolute Gasteiger partial charge is 0.417 e. The van der Waals surface area contributed by atoms with Gasteiger partial charge in [0, 0.05) is 54.2 Å². The van der Waals surface area contributed by atoms with Crippen LogP contribution in [0, 0.1) is 0 Å². The first kappa shape index (κ1) is 21.1. The molecular weight excluding hydrogens is 459 g/mol. The third kappa shape index (κ3) is 3.74. The van der Waals surface area contributed by atoms with Crippen LogP contribution in [0.1, 0.15) is 32.7 Å². The van der Waals surface area contributed by atoms with Crippen LogP contribution in [0.25, 0.3) is 22.6 Å². The van der Waals surface area contributed by atoms with Crippen molar-refractivity contribution in [3.63, 3.8) is 0 Å². The molecule has 35 heavy (non-hydrogen) atoms. The molecule has 8 nitrogen and oxygen atoms in total.